The van der Waals surface area contributed by atoms with Gasteiger partial charge in [-0.05, 0) is 25.1 Å². The van der Waals surface area contributed by atoms with Crippen LogP contribution in [-0.4, -0.2) is 12.1 Å². The summed E-state index contributed by atoms with van der Waals surface area (Å²) in [6.45, 7) is 1.85. The average Bonchev–Trinajstić information content (AvgIpc) is 2.47. The van der Waals surface area contributed by atoms with Gasteiger partial charge < -0.3 is 10.1 Å². The molecular formula is C17H13F4NO2. The molecule has 24 heavy (non-hydrogen) atoms. The Morgan fingerprint density at radius 3 is 2.54 bits per heavy atom. The van der Waals surface area contributed by atoms with Gasteiger partial charge in [-0.1, -0.05) is 23.8 Å². The molecule has 1 N–H and O–H groups in total. The van der Waals surface area contributed by atoms with Gasteiger partial charge in [0.25, 0.3) is 0 Å². The molecule has 0 aliphatic rings. The van der Waals surface area contributed by atoms with Crippen molar-refractivity contribution in [2.45, 2.75) is 13.3 Å². The minimum absolute atomic E-state index is 0.0854. The second kappa shape index (κ2) is 7.16. The zero-order valence-corrected chi connectivity index (χ0v) is 12.5. The van der Waals surface area contributed by atoms with Gasteiger partial charge in [0.1, 0.15) is 11.6 Å². The molecule has 0 aliphatic heterocycles. The standard InChI is InChI=1S/C17H13F4NO2/c1-11-3-2-4-12(9-11)16(23)7-8-22-15-6-5-13(10-14(15)18)24-17(19,20)21/h2-10,22H,1H3/b8-7-. The lowest BCUT2D eigenvalue weighted by atomic mass is 10.1. The van der Waals surface area contributed by atoms with Gasteiger partial charge >= 0.3 is 6.36 Å². The van der Waals surface area contributed by atoms with Crippen molar-refractivity contribution >= 4 is 11.5 Å². The predicted molar refractivity (Wildman–Crippen MR) is 81.4 cm³/mol. The van der Waals surface area contributed by atoms with Crippen LogP contribution in [-0.2, 0) is 0 Å². The van der Waals surface area contributed by atoms with Crippen molar-refractivity contribution in [2.24, 2.45) is 0 Å². The Balaban J connectivity index is 2.02. The molecule has 0 saturated carbocycles. The molecule has 0 radical (unpaired) electrons. The maximum Gasteiger partial charge on any atom is 0.573 e. The lowest BCUT2D eigenvalue weighted by molar-refractivity contribution is -0.274. The number of benzene rings is 2. The number of aryl methyl sites for hydroxylation is 1. The van der Waals surface area contributed by atoms with Crippen LogP contribution in [0.1, 0.15) is 15.9 Å². The molecule has 0 atom stereocenters. The summed E-state index contributed by atoms with van der Waals surface area (Å²) in [5, 5.41) is 2.51. The van der Waals surface area contributed by atoms with Crippen LogP contribution in [0, 0.1) is 12.7 Å². The maximum atomic E-state index is 13.7. The highest BCUT2D eigenvalue weighted by molar-refractivity contribution is 6.04. The van der Waals surface area contributed by atoms with Crippen LogP contribution >= 0.6 is 0 Å². The largest absolute Gasteiger partial charge is 0.573 e. The lowest BCUT2D eigenvalue weighted by Gasteiger charge is -2.10. The van der Waals surface area contributed by atoms with Crippen molar-refractivity contribution < 1.29 is 27.1 Å². The van der Waals surface area contributed by atoms with Gasteiger partial charge in [-0.3, -0.25) is 4.79 Å². The number of halogens is 4. The van der Waals surface area contributed by atoms with Crippen LogP contribution in [0.15, 0.2) is 54.7 Å². The average molecular weight is 339 g/mol. The normalized spacial score (nSPS) is 11.5. The topological polar surface area (TPSA) is 38.3 Å². The van der Waals surface area contributed by atoms with Gasteiger partial charge in [-0.15, -0.1) is 13.2 Å². The Morgan fingerprint density at radius 2 is 1.92 bits per heavy atom. The molecule has 0 aliphatic carbocycles. The zero-order valence-electron chi connectivity index (χ0n) is 12.5. The summed E-state index contributed by atoms with van der Waals surface area (Å²) in [7, 11) is 0. The summed E-state index contributed by atoms with van der Waals surface area (Å²) in [5.41, 5.74) is 1.31. The monoisotopic (exact) mass is 339 g/mol. The lowest BCUT2D eigenvalue weighted by Crippen LogP contribution is -2.17. The van der Waals surface area contributed by atoms with Crippen LogP contribution in [0.4, 0.5) is 23.2 Å². The molecule has 2 aromatic rings. The number of hydrogen-bond acceptors (Lipinski definition) is 3. The second-order valence-corrected chi connectivity index (χ2v) is 4.90. The number of ether oxygens (including phenoxy) is 1. The highest BCUT2D eigenvalue weighted by atomic mass is 19.4. The van der Waals surface area contributed by atoms with Gasteiger partial charge in [-0.25, -0.2) is 4.39 Å². The fraction of sp³-hybridized carbons (Fsp3) is 0.118. The number of carbonyl (C=O) groups excluding carboxylic acids is 1. The number of rotatable bonds is 5. The van der Waals surface area contributed by atoms with Gasteiger partial charge in [0.2, 0.25) is 0 Å². The Kier molecular flexibility index (Phi) is 5.23. The molecule has 126 valence electrons. The minimum atomic E-state index is -4.89. The van der Waals surface area contributed by atoms with Crippen molar-refractivity contribution in [3.63, 3.8) is 0 Å². The van der Waals surface area contributed by atoms with Crippen molar-refractivity contribution in [3.05, 3.63) is 71.7 Å². The summed E-state index contributed by atoms with van der Waals surface area (Å²) in [6.07, 6.45) is -2.47. The zero-order chi connectivity index (χ0) is 17.7. The minimum Gasteiger partial charge on any atom is -0.406 e. The quantitative estimate of drug-likeness (QED) is 0.481. The van der Waals surface area contributed by atoms with Gasteiger partial charge in [0.05, 0.1) is 5.69 Å². The van der Waals surface area contributed by atoms with E-state index in [1.165, 1.54) is 12.3 Å². The fourth-order valence-electron chi connectivity index (χ4n) is 1.91. The smallest absolute Gasteiger partial charge is 0.406 e. The Hall–Kier alpha value is -2.83. The highest BCUT2D eigenvalue weighted by Crippen LogP contribution is 2.26. The van der Waals surface area contributed by atoms with E-state index in [4.69, 9.17) is 0 Å². The van der Waals surface area contributed by atoms with Gasteiger partial charge in [-0.2, -0.15) is 0 Å². The summed E-state index contributed by atoms with van der Waals surface area (Å²) >= 11 is 0. The van der Waals surface area contributed by atoms with Crippen LogP contribution in [0.25, 0.3) is 0 Å². The van der Waals surface area contributed by atoms with Crippen LogP contribution in [0.2, 0.25) is 0 Å². The van der Waals surface area contributed by atoms with Crippen molar-refractivity contribution in [1.82, 2.24) is 0 Å². The number of alkyl halides is 3. The molecule has 0 bridgehead atoms. The third-order valence-corrected chi connectivity index (χ3v) is 2.95. The number of carbonyl (C=O) groups is 1. The molecule has 0 heterocycles. The van der Waals surface area contributed by atoms with Gasteiger partial charge in [0.15, 0.2) is 5.78 Å². The van der Waals surface area contributed by atoms with Crippen molar-refractivity contribution in [2.75, 3.05) is 5.32 Å². The Morgan fingerprint density at radius 1 is 1.17 bits per heavy atom. The first-order valence-corrected chi connectivity index (χ1v) is 6.84. The predicted octanol–water partition coefficient (Wildman–Crippen LogP) is 4.84. The summed E-state index contributed by atoms with van der Waals surface area (Å²) in [6, 6.07) is 9.58. The van der Waals surface area contributed by atoms with E-state index in [0.29, 0.717) is 11.6 Å². The molecular weight excluding hydrogens is 326 g/mol. The first kappa shape index (κ1) is 17.5. The second-order valence-electron chi connectivity index (χ2n) is 4.90. The van der Waals surface area contributed by atoms with E-state index >= 15 is 0 Å². The summed E-state index contributed by atoms with van der Waals surface area (Å²) in [5.74, 6) is -1.89. The molecule has 2 rings (SSSR count). The Labute approximate surface area is 135 Å². The van der Waals surface area contributed by atoms with E-state index in [2.05, 4.69) is 10.1 Å². The number of allylic oxidation sites excluding steroid dienone is 1. The first-order chi connectivity index (χ1) is 11.2. The van der Waals surface area contributed by atoms with E-state index in [9.17, 15) is 22.4 Å². The van der Waals surface area contributed by atoms with Gasteiger partial charge in [0, 0.05) is 23.9 Å². The number of hydrogen-bond donors (Lipinski definition) is 1. The maximum absolute atomic E-state index is 13.7. The fourth-order valence-corrected chi connectivity index (χ4v) is 1.91. The Bertz CT molecular complexity index is 769. The third kappa shape index (κ3) is 5.12. The molecule has 3 nitrogen and oxygen atoms in total. The van der Waals surface area contributed by atoms with E-state index in [1.807, 2.05) is 13.0 Å². The van der Waals surface area contributed by atoms with Crippen LogP contribution < -0.4 is 10.1 Å². The van der Waals surface area contributed by atoms with E-state index < -0.39 is 17.9 Å². The third-order valence-electron chi connectivity index (χ3n) is 2.95. The van der Waals surface area contributed by atoms with Crippen LogP contribution in [0.3, 0.4) is 0 Å². The molecule has 2 aromatic carbocycles. The molecule has 0 aromatic heterocycles. The van der Waals surface area contributed by atoms with Crippen molar-refractivity contribution in [1.29, 1.82) is 0 Å². The number of ketones is 1. The SMILES string of the molecule is Cc1cccc(C(=O)/C=C\Nc2ccc(OC(F)(F)F)cc2F)c1. The molecule has 7 heteroatoms. The first-order valence-electron chi connectivity index (χ1n) is 6.84. The highest BCUT2D eigenvalue weighted by Gasteiger charge is 2.31. The molecule has 0 amide bonds. The molecule has 0 unspecified atom stereocenters. The van der Waals surface area contributed by atoms with E-state index in [0.717, 1.165) is 17.7 Å². The number of anilines is 1. The van der Waals surface area contributed by atoms with E-state index in [-0.39, 0.29) is 11.5 Å². The molecule has 0 spiro atoms. The van der Waals surface area contributed by atoms with Crippen LogP contribution in [0.5, 0.6) is 5.75 Å². The summed E-state index contributed by atoms with van der Waals surface area (Å²) < 4.78 is 53.4. The van der Waals surface area contributed by atoms with E-state index in [1.54, 1.807) is 18.2 Å². The number of nitrogens with one attached hydrogen (secondary N) is 1. The molecule has 0 fully saturated rings. The molecule has 0 saturated heterocycles. The summed E-state index contributed by atoms with van der Waals surface area (Å²) in [4.78, 5) is 11.9. The van der Waals surface area contributed by atoms with Crippen molar-refractivity contribution in [3.8, 4) is 5.75 Å².